The number of nitrogens with zero attached hydrogens (tertiary/aromatic N) is 1. The molecule has 0 amide bonds. The van der Waals surface area contributed by atoms with Crippen LogP contribution in [0.3, 0.4) is 0 Å². The monoisotopic (exact) mass is 214 g/mol. The van der Waals surface area contributed by atoms with Gasteiger partial charge in [-0.1, -0.05) is 20.4 Å². The van der Waals surface area contributed by atoms with E-state index in [9.17, 15) is 0 Å². The number of nitrogen functional groups attached to an aromatic ring is 1. The summed E-state index contributed by atoms with van der Waals surface area (Å²) in [5.74, 6) is 0. The van der Waals surface area contributed by atoms with Gasteiger partial charge in [0.15, 0.2) is 0 Å². The molecule has 0 aliphatic rings. The third-order valence-electron chi connectivity index (χ3n) is 2.16. The Morgan fingerprint density at radius 3 is 2.31 bits per heavy atom. The van der Waals surface area contributed by atoms with Crippen molar-refractivity contribution in [3.63, 3.8) is 0 Å². The van der Waals surface area contributed by atoms with Crippen LogP contribution in [0.5, 0.6) is 0 Å². The van der Waals surface area contributed by atoms with Crippen LogP contribution in [0.15, 0.2) is 49.2 Å². The van der Waals surface area contributed by atoms with Gasteiger partial charge in [-0.25, -0.2) is 0 Å². The Kier molecular flexibility index (Phi) is 4.40. The number of aromatic nitrogens is 1. The van der Waals surface area contributed by atoms with Gasteiger partial charge < -0.3 is 10.3 Å². The Hall–Kier alpha value is -1.96. The molecule has 1 aromatic carbocycles. The zero-order valence-corrected chi connectivity index (χ0v) is 9.85. The highest BCUT2D eigenvalue weighted by atomic mass is 15.0. The Morgan fingerprint density at radius 1 is 1.12 bits per heavy atom. The van der Waals surface area contributed by atoms with Gasteiger partial charge in [-0.15, -0.1) is 0 Å². The summed E-state index contributed by atoms with van der Waals surface area (Å²) >= 11 is 0. The molecule has 0 atom stereocenters. The van der Waals surface area contributed by atoms with Gasteiger partial charge in [-0.2, -0.15) is 0 Å². The van der Waals surface area contributed by atoms with E-state index in [1.165, 1.54) is 0 Å². The minimum atomic E-state index is 0.779. The number of hydrogen-bond acceptors (Lipinski definition) is 1. The van der Waals surface area contributed by atoms with Gasteiger partial charge in [0.25, 0.3) is 0 Å². The SMILES string of the molecule is C=Cc1cccn1-c1ccc(N)cc1.CC. The van der Waals surface area contributed by atoms with E-state index >= 15 is 0 Å². The summed E-state index contributed by atoms with van der Waals surface area (Å²) in [5.41, 5.74) is 8.57. The molecule has 0 unspecified atom stereocenters. The van der Waals surface area contributed by atoms with Crippen LogP contribution in [-0.2, 0) is 0 Å². The molecular formula is C14H18N2. The first-order valence-electron chi connectivity index (χ1n) is 5.47. The Labute approximate surface area is 97.0 Å². The zero-order valence-electron chi connectivity index (χ0n) is 9.85. The van der Waals surface area contributed by atoms with Crippen molar-refractivity contribution in [2.24, 2.45) is 0 Å². The van der Waals surface area contributed by atoms with E-state index in [1.54, 1.807) is 0 Å². The molecule has 2 N–H and O–H groups in total. The van der Waals surface area contributed by atoms with Gasteiger partial charge in [-0.05, 0) is 42.5 Å². The van der Waals surface area contributed by atoms with Crippen molar-refractivity contribution in [2.75, 3.05) is 5.73 Å². The van der Waals surface area contributed by atoms with E-state index in [2.05, 4.69) is 11.1 Å². The first-order valence-corrected chi connectivity index (χ1v) is 5.47. The highest BCUT2D eigenvalue weighted by molar-refractivity contribution is 5.51. The quantitative estimate of drug-likeness (QED) is 0.759. The van der Waals surface area contributed by atoms with Crippen molar-refractivity contribution >= 4 is 11.8 Å². The third-order valence-corrected chi connectivity index (χ3v) is 2.16. The van der Waals surface area contributed by atoms with Crippen LogP contribution in [0.4, 0.5) is 5.69 Å². The van der Waals surface area contributed by atoms with E-state index in [0.717, 1.165) is 17.1 Å². The van der Waals surface area contributed by atoms with Crippen LogP contribution >= 0.6 is 0 Å². The Balaban J connectivity index is 0.000000606. The van der Waals surface area contributed by atoms with Crippen LogP contribution in [0.1, 0.15) is 19.5 Å². The van der Waals surface area contributed by atoms with Crippen molar-refractivity contribution in [1.29, 1.82) is 0 Å². The summed E-state index contributed by atoms with van der Waals surface area (Å²) in [6.45, 7) is 7.76. The van der Waals surface area contributed by atoms with Gasteiger partial charge in [0.05, 0.1) is 0 Å². The average molecular weight is 214 g/mol. The fourth-order valence-corrected chi connectivity index (χ4v) is 1.43. The van der Waals surface area contributed by atoms with Gasteiger partial charge in [0, 0.05) is 23.3 Å². The fourth-order valence-electron chi connectivity index (χ4n) is 1.43. The summed E-state index contributed by atoms with van der Waals surface area (Å²) in [6.07, 6.45) is 3.83. The average Bonchev–Trinajstić information content (AvgIpc) is 2.81. The highest BCUT2D eigenvalue weighted by Gasteiger charge is 1.98. The fraction of sp³-hybridized carbons (Fsp3) is 0.143. The molecule has 0 aliphatic heterocycles. The van der Waals surface area contributed by atoms with Crippen molar-refractivity contribution < 1.29 is 0 Å². The van der Waals surface area contributed by atoms with Crippen LogP contribution in [0.2, 0.25) is 0 Å². The first-order chi connectivity index (χ1) is 7.81. The molecule has 0 fully saturated rings. The normalized spacial score (nSPS) is 9.12. The minimum absolute atomic E-state index is 0.779. The molecule has 2 nitrogen and oxygen atoms in total. The van der Waals surface area contributed by atoms with Gasteiger partial charge in [0.2, 0.25) is 0 Å². The summed E-state index contributed by atoms with van der Waals surface area (Å²) < 4.78 is 2.06. The molecule has 0 saturated carbocycles. The number of hydrogen-bond donors (Lipinski definition) is 1. The maximum Gasteiger partial charge on any atom is 0.0456 e. The minimum Gasteiger partial charge on any atom is -0.399 e. The summed E-state index contributed by atoms with van der Waals surface area (Å²) in [5, 5.41) is 0. The van der Waals surface area contributed by atoms with Gasteiger partial charge >= 0.3 is 0 Å². The van der Waals surface area contributed by atoms with Crippen LogP contribution < -0.4 is 5.73 Å². The molecule has 16 heavy (non-hydrogen) atoms. The molecule has 0 spiro atoms. The molecule has 84 valence electrons. The molecule has 2 heteroatoms. The van der Waals surface area contributed by atoms with Gasteiger partial charge in [0.1, 0.15) is 0 Å². The smallest absolute Gasteiger partial charge is 0.0456 e. The van der Waals surface area contributed by atoms with Crippen molar-refractivity contribution in [2.45, 2.75) is 13.8 Å². The molecule has 1 aromatic heterocycles. The Morgan fingerprint density at radius 2 is 1.75 bits per heavy atom. The van der Waals surface area contributed by atoms with Crippen LogP contribution in [0, 0.1) is 0 Å². The third kappa shape index (κ3) is 2.54. The van der Waals surface area contributed by atoms with E-state index < -0.39 is 0 Å². The lowest BCUT2D eigenvalue weighted by Crippen LogP contribution is -1.94. The summed E-state index contributed by atoms with van der Waals surface area (Å²) in [4.78, 5) is 0. The number of nitrogens with two attached hydrogens (primary N) is 1. The topological polar surface area (TPSA) is 30.9 Å². The highest BCUT2D eigenvalue weighted by Crippen LogP contribution is 2.14. The standard InChI is InChI=1S/C12H12N2.C2H6/c1-2-11-4-3-9-14(11)12-7-5-10(13)6-8-12;1-2/h2-9H,1,13H2;1-2H3. The maximum atomic E-state index is 5.62. The predicted molar refractivity (Wildman–Crippen MR) is 71.6 cm³/mol. The molecule has 0 aliphatic carbocycles. The number of rotatable bonds is 2. The zero-order chi connectivity index (χ0) is 12.0. The molecule has 0 saturated heterocycles. The lowest BCUT2D eigenvalue weighted by molar-refractivity contribution is 1.06. The Bertz CT molecular complexity index is 438. The number of anilines is 1. The van der Waals surface area contributed by atoms with Crippen LogP contribution in [0.25, 0.3) is 11.8 Å². The van der Waals surface area contributed by atoms with E-state index in [0.29, 0.717) is 0 Å². The molecule has 0 bridgehead atoms. The van der Waals surface area contributed by atoms with E-state index in [1.807, 2.05) is 62.5 Å². The van der Waals surface area contributed by atoms with E-state index in [4.69, 9.17) is 5.73 Å². The van der Waals surface area contributed by atoms with Crippen molar-refractivity contribution in [3.8, 4) is 5.69 Å². The van der Waals surface area contributed by atoms with E-state index in [-0.39, 0.29) is 0 Å². The van der Waals surface area contributed by atoms with Crippen LogP contribution in [-0.4, -0.2) is 4.57 Å². The lowest BCUT2D eigenvalue weighted by atomic mass is 10.3. The lowest BCUT2D eigenvalue weighted by Gasteiger charge is -2.06. The predicted octanol–water partition coefficient (Wildman–Crippen LogP) is 3.73. The maximum absolute atomic E-state index is 5.62. The number of benzene rings is 1. The molecule has 0 radical (unpaired) electrons. The molecular weight excluding hydrogens is 196 g/mol. The molecule has 1 heterocycles. The van der Waals surface area contributed by atoms with Gasteiger partial charge in [-0.3, -0.25) is 0 Å². The molecule has 2 rings (SSSR count). The first kappa shape index (κ1) is 12.1. The summed E-state index contributed by atoms with van der Waals surface area (Å²) in [6, 6.07) is 11.8. The van der Waals surface area contributed by atoms with Crippen molar-refractivity contribution in [3.05, 3.63) is 54.9 Å². The summed E-state index contributed by atoms with van der Waals surface area (Å²) in [7, 11) is 0. The second kappa shape index (κ2) is 5.81. The second-order valence-electron chi connectivity index (χ2n) is 3.10. The molecule has 2 aromatic rings. The van der Waals surface area contributed by atoms with Crippen molar-refractivity contribution in [1.82, 2.24) is 4.57 Å². The largest absolute Gasteiger partial charge is 0.399 e. The second-order valence-corrected chi connectivity index (χ2v) is 3.10.